The molecule has 0 amide bonds. The Kier molecular flexibility index (Phi) is 4.32. The summed E-state index contributed by atoms with van der Waals surface area (Å²) in [7, 11) is 4.54. The van der Waals surface area contributed by atoms with Crippen molar-refractivity contribution in [1.82, 2.24) is 4.98 Å². The van der Waals surface area contributed by atoms with Gasteiger partial charge in [-0.25, -0.2) is 4.98 Å². The van der Waals surface area contributed by atoms with Crippen LogP contribution >= 0.6 is 11.3 Å². The number of hydrogen-bond acceptors (Lipinski definition) is 7. The van der Waals surface area contributed by atoms with E-state index >= 15 is 0 Å². The third-order valence-electron chi connectivity index (χ3n) is 2.89. The van der Waals surface area contributed by atoms with Crippen molar-refractivity contribution in [1.29, 1.82) is 0 Å². The minimum absolute atomic E-state index is 0.110. The Bertz CT molecular complexity index is 655. The van der Waals surface area contributed by atoms with Crippen LogP contribution in [0.25, 0.3) is 10.6 Å². The molecule has 0 saturated carbocycles. The molecule has 2 aromatic rings. The number of methoxy groups -OCH3 is 3. The van der Waals surface area contributed by atoms with Gasteiger partial charge in [0.1, 0.15) is 5.01 Å². The maximum atomic E-state index is 11.0. The molecule has 0 aliphatic heterocycles. The topological polar surface area (TPSA) is 80.7 Å². The lowest BCUT2D eigenvalue weighted by molar-refractivity contribution is -0.254. The molecule has 21 heavy (non-hydrogen) atoms. The predicted molar refractivity (Wildman–Crippen MR) is 76.3 cm³/mol. The molecular formula is C14H14NO5S-. The number of carboxylic acids is 1. The number of carboxylic acid groups (broad SMARTS) is 1. The van der Waals surface area contributed by atoms with Crippen LogP contribution in [-0.4, -0.2) is 32.3 Å². The second kappa shape index (κ2) is 6.01. The lowest BCUT2D eigenvalue weighted by atomic mass is 10.2. The molecule has 112 valence electrons. The zero-order chi connectivity index (χ0) is 15.6. The van der Waals surface area contributed by atoms with Gasteiger partial charge in [-0.05, 0) is 19.1 Å². The number of aromatic carboxylic acids is 1. The average molecular weight is 308 g/mol. The van der Waals surface area contributed by atoms with Gasteiger partial charge in [0.2, 0.25) is 5.75 Å². The molecule has 7 heteroatoms. The zero-order valence-corrected chi connectivity index (χ0v) is 12.9. The number of benzene rings is 1. The van der Waals surface area contributed by atoms with Crippen molar-refractivity contribution in [3.05, 3.63) is 22.7 Å². The van der Waals surface area contributed by atoms with Gasteiger partial charge in [0.15, 0.2) is 11.5 Å². The Hall–Kier alpha value is -2.28. The van der Waals surface area contributed by atoms with Crippen molar-refractivity contribution < 1.29 is 24.1 Å². The number of carbonyl (C=O) groups excluding carboxylic acids is 1. The molecule has 0 radical (unpaired) electrons. The summed E-state index contributed by atoms with van der Waals surface area (Å²) >= 11 is 1.05. The molecule has 0 saturated heterocycles. The van der Waals surface area contributed by atoms with Gasteiger partial charge in [0.05, 0.1) is 37.9 Å². The van der Waals surface area contributed by atoms with Crippen LogP contribution in [0.4, 0.5) is 0 Å². The van der Waals surface area contributed by atoms with Crippen LogP contribution in [0.5, 0.6) is 17.2 Å². The van der Waals surface area contributed by atoms with Gasteiger partial charge in [0, 0.05) is 5.56 Å². The fraction of sp³-hybridized carbons (Fsp3) is 0.286. The molecule has 6 nitrogen and oxygen atoms in total. The summed E-state index contributed by atoms with van der Waals surface area (Å²) in [6.07, 6.45) is 0. The van der Waals surface area contributed by atoms with Crippen molar-refractivity contribution in [2.24, 2.45) is 0 Å². The highest BCUT2D eigenvalue weighted by atomic mass is 32.1. The van der Waals surface area contributed by atoms with Crippen LogP contribution in [0, 0.1) is 6.92 Å². The lowest BCUT2D eigenvalue weighted by Crippen LogP contribution is -2.21. The van der Waals surface area contributed by atoms with E-state index < -0.39 is 5.97 Å². The highest BCUT2D eigenvalue weighted by Crippen LogP contribution is 2.42. The summed E-state index contributed by atoms with van der Waals surface area (Å²) in [5.41, 5.74) is 1.11. The Balaban J connectivity index is 2.59. The van der Waals surface area contributed by atoms with Gasteiger partial charge < -0.3 is 24.1 Å². The predicted octanol–water partition coefficient (Wildman–Crippen LogP) is 1.51. The summed E-state index contributed by atoms with van der Waals surface area (Å²) in [5.74, 6) is 0.199. The van der Waals surface area contributed by atoms with E-state index in [-0.39, 0.29) is 4.88 Å². The SMILES string of the molecule is COc1cc(-c2nc(C)c(C(=O)[O-])s2)cc(OC)c1OC. The van der Waals surface area contributed by atoms with Gasteiger partial charge >= 0.3 is 0 Å². The number of thiazole rings is 1. The highest BCUT2D eigenvalue weighted by molar-refractivity contribution is 7.17. The normalized spacial score (nSPS) is 10.3. The molecule has 0 N–H and O–H groups in total. The van der Waals surface area contributed by atoms with E-state index in [0.717, 1.165) is 11.3 Å². The van der Waals surface area contributed by atoms with Crippen LogP contribution in [0.2, 0.25) is 0 Å². The van der Waals surface area contributed by atoms with Crippen molar-refractivity contribution >= 4 is 17.3 Å². The van der Waals surface area contributed by atoms with Gasteiger partial charge in [-0.2, -0.15) is 0 Å². The molecule has 0 unspecified atom stereocenters. The number of nitrogens with zero attached hydrogens (tertiary/aromatic N) is 1. The van der Waals surface area contributed by atoms with E-state index in [2.05, 4.69) is 4.98 Å². The number of aryl methyl sites for hydroxylation is 1. The first-order valence-corrected chi connectivity index (χ1v) is 6.82. The smallest absolute Gasteiger partial charge is 0.203 e. The van der Waals surface area contributed by atoms with E-state index in [4.69, 9.17) is 14.2 Å². The summed E-state index contributed by atoms with van der Waals surface area (Å²) in [4.78, 5) is 15.4. The fourth-order valence-electron chi connectivity index (χ4n) is 1.91. The first-order valence-electron chi connectivity index (χ1n) is 6.01. The molecule has 2 rings (SSSR count). The second-order valence-corrected chi connectivity index (χ2v) is 5.13. The van der Waals surface area contributed by atoms with Crippen LogP contribution in [0.3, 0.4) is 0 Å². The van der Waals surface area contributed by atoms with Crippen molar-refractivity contribution in [3.63, 3.8) is 0 Å². The minimum atomic E-state index is -1.23. The summed E-state index contributed by atoms with van der Waals surface area (Å²) in [6, 6.07) is 3.44. The third kappa shape index (κ3) is 2.78. The van der Waals surface area contributed by atoms with Gasteiger partial charge in [0.25, 0.3) is 0 Å². The maximum Gasteiger partial charge on any atom is 0.203 e. The number of ether oxygens (including phenoxy) is 3. The standard InChI is InChI=1S/C14H15NO5S/c1-7-12(14(16)17)21-13(15-7)8-5-9(18-2)11(20-4)10(6-8)19-3/h5-6H,1-4H3,(H,16,17)/p-1. The van der Waals surface area contributed by atoms with Crippen molar-refractivity contribution in [3.8, 4) is 27.8 Å². The van der Waals surface area contributed by atoms with Crippen LogP contribution in [0.1, 0.15) is 15.4 Å². The van der Waals surface area contributed by atoms with Gasteiger partial charge in [-0.3, -0.25) is 0 Å². The molecule has 1 heterocycles. The fourth-order valence-corrected chi connectivity index (χ4v) is 2.80. The lowest BCUT2D eigenvalue weighted by Gasteiger charge is -2.13. The van der Waals surface area contributed by atoms with E-state index in [1.807, 2.05) is 0 Å². The molecule has 0 aliphatic rings. The molecule has 0 spiro atoms. The molecule has 0 aliphatic carbocycles. The van der Waals surface area contributed by atoms with Gasteiger partial charge in [-0.1, -0.05) is 0 Å². The summed E-state index contributed by atoms with van der Waals surface area (Å²) in [5, 5.41) is 11.6. The summed E-state index contributed by atoms with van der Waals surface area (Å²) in [6.45, 7) is 1.63. The molecule has 0 fully saturated rings. The second-order valence-electron chi connectivity index (χ2n) is 4.14. The van der Waals surface area contributed by atoms with Crippen LogP contribution in [0.15, 0.2) is 12.1 Å². The molecular weight excluding hydrogens is 294 g/mol. The maximum absolute atomic E-state index is 11.0. The molecule has 1 aromatic heterocycles. The first kappa shape index (κ1) is 15.1. The third-order valence-corrected chi connectivity index (χ3v) is 4.08. The highest BCUT2D eigenvalue weighted by Gasteiger charge is 2.17. The Morgan fingerprint density at radius 1 is 1.14 bits per heavy atom. The zero-order valence-electron chi connectivity index (χ0n) is 12.1. The molecule has 1 aromatic carbocycles. The average Bonchev–Trinajstić information content (AvgIpc) is 2.87. The number of hydrogen-bond donors (Lipinski definition) is 0. The Morgan fingerprint density at radius 2 is 1.71 bits per heavy atom. The van der Waals surface area contributed by atoms with E-state index in [9.17, 15) is 9.90 Å². The number of aromatic nitrogens is 1. The molecule has 0 bridgehead atoms. The largest absolute Gasteiger partial charge is 0.544 e. The Morgan fingerprint density at radius 3 is 2.10 bits per heavy atom. The number of carbonyl (C=O) groups is 1. The quantitative estimate of drug-likeness (QED) is 0.833. The summed E-state index contributed by atoms with van der Waals surface area (Å²) < 4.78 is 15.8. The van der Waals surface area contributed by atoms with E-state index in [1.165, 1.54) is 21.3 Å². The molecule has 0 atom stereocenters. The monoisotopic (exact) mass is 308 g/mol. The minimum Gasteiger partial charge on any atom is -0.544 e. The van der Waals surface area contributed by atoms with Crippen LogP contribution < -0.4 is 19.3 Å². The van der Waals surface area contributed by atoms with Crippen molar-refractivity contribution in [2.45, 2.75) is 6.92 Å². The van der Waals surface area contributed by atoms with E-state index in [1.54, 1.807) is 19.1 Å². The first-order chi connectivity index (χ1) is 10.0. The number of rotatable bonds is 5. The Labute approximate surface area is 125 Å². The van der Waals surface area contributed by atoms with Crippen LogP contribution in [-0.2, 0) is 0 Å². The van der Waals surface area contributed by atoms with Gasteiger partial charge in [-0.15, -0.1) is 11.3 Å². The van der Waals surface area contributed by atoms with Crippen molar-refractivity contribution in [2.75, 3.05) is 21.3 Å². The van der Waals surface area contributed by atoms with E-state index in [0.29, 0.717) is 33.5 Å².